The topological polar surface area (TPSA) is 12.0 Å². The number of hydrogen-bond donors (Lipinski definition) is 1. The lowest BCUT2D eigenvalue weighted by Crippen LogP contribution is -2.14. The van der Waals surface area contributed by atoms with Crippen LogP contribution < -0.4 is 5.32 Å². The Morgan fingerprint density at radius 3 is 2.79 bits per heavy atom. The van der Waals surface area contributed by atoms with Crippen molar-refractivity contribution in [3.63, 3.8) is 0 Å². The normalized spacial score (nSPS) is 10.7. The third kappa shape index (κ3) is 4.25. The molecule has 0 spiro atoms. The van der Waals surface area contributed by atoms with Crippen molar-refractivity contribution >= 4 is 11.3 Å². The fraction of sp³-hybridized carbons (Fsp3) is 0.667. The molecular weight excluding hydrogens is 190 g/mol. The molecule has 0 bridgehead atoms. The summed E-state index contributed by atoms with van der Waals surface area (Å²) in [6, 6.07) is 2.19. The lowest BCUT2D eigenvalue weighted by atomic mass is 10.2. The summed E-state index contributed by atoms with van der Waals surface area (Å²) in [6.07, 6.45) is 5.38. The van der Waals surface area contributed by atoms with Crippen LogP contribution in [0.3, 0.4) is 0 Å². The van der Waals surface area contributed by atoms with Gasteiger partial charge in [0.15, 0.2) is 0 Å². The Balaban J connectivity index is 2.02. The van der Waals surface area contributed by atoms with E-state index in [1.54, 1.807) is 0 Å². The van der Waals surface area contributed by atoms with Crippen molar-refractivity contribution in [1.82, 2.24) is 5.32 Å². The molecule has 0 aliphatic heterocycles. The van der Waals surface area contributed by atoms with Gasteiger partial charge in [-0.2, -0.15) is 0 Å². The Bertz CT molecular complexity index is 242. The molecule has 0 unspecified atom stereocenters. The number of nitrogens with one attached hydrogen (secondary N) is 1. The van der Waals surface area contributed by atoms with Gasteiger partial charge in [0, 0.05) is 11.4 Å². The molecule has 0 atom stereocenters. The number of aryl methyl sites for hydroxylation is 1. The van der Waals surface area contributed by atoms with E-state index in [2.05, 4.69) is 30.6 Å². The van der Waals surface area contributed by atoms with Crippen molar-refractivity contribution in [2.75, 3.05) is 6.54 Å². The monoisotopic (exact) mass is 211 g/mol. The summed E-state index contributed by atoms with van der Waals surface area (Å²) in [7, 11) is 0. The lowest BCUT2D eigenvalue weighted by Gasteiger charge is -2.03. The minimum Gasteiger partial charge on any atom is -0.312 e. The molecule has 0 amide bonds. The molecular formula is C12H21NS. The van der Waals surface area contributed by atoms with Gasteiger partial charge in [-0.15, -0.1) is 11.3 Å². The first kappa shape index (κ1) is 11.7. The van der Waals surface area contributed by atoms with Crippen molar-refractivity contribution in [2.24, 2.45) is 0 Å². The molecule has 0 aliphatic rings. The molecule has 0 radical (unpaired) electrons. The molecule has 1 N–H and O–H groups in total. The standard InChI is InChI=1S/C12H21NS/c1-3-4-5-6-8-13-10-12-11(2)7-9-14-12/h7,9,13H,3-6,8,10H2,1-2H3. The molecule has 80 valence electrons. The minimum atomic E-state index is 1.05. The Labute approximate surface area is 91.5 Å². The van der Waals surface area contributed by atoms with Crippen LogP contribution in [0.25, 0.3) is 0 Å². The molecule has 1 aromatic heterocycles. The highest BCUT2D eigenvalue weighted by molar-refractivity contribution is 7.10. The number of rotatable bonds is 7. The summed E-state index contributed by atoms with van der Waals surface area (Å²) >= 11 is 1.86. The highest BCUT2D eigenvalue weighted by Crippen LogP contribution is 2.14. The summed E-state index contributed by atoms with van der Waals surface area (Å²) in [6.45, 7) is 6.65. The van der Waals surface area contributed by atoms with Crippen molar-refractivity contribution in [3.05, 3.63) is 21.9 Å². The minimum absolute atomic E-state index is 1.05. The van der Waals surface area contributed by atoms with E-state index >= 15 is 0 Å². The van der Waals surface area contributed by atoms with Gasteiger partial charge in [-0.25, -0.2) is 0 Å². The predicted molar refractivity (Wildman–Crippen MR) is 64.9 cm³/mol. The lowest BCUT2D eigenvalue weighted by molar-refractivity contribution is 0.600. The fourth-order valence-corrected chi connectivity index (χ4v) is 2.34. The van der Waals surface area contributed by atoms with Gasteiger partial charge >= 0.3 is 0 Å². The van der Waals surface area contributed by atoms with Gasteiger partial charge in [0.25, 0.3) is 0 Å². The van der Waals surface area contributed by atoms with Gasteiger partial charge in [0.05, 0.1) is 0 Å². The van der Waals surface area contributed by atoms with E-state index < -0.39 is 0 Å². The summed E-state index contributed by atoms with van der Waals surface area (Å²) in [5.41, 5.74) is 1.43. The second-order valence-corrected chi connectivity index (χ2v) is 4.76. The van der Waals surface area contributed by atoms with Crippen LogP contribution in [-0.2, 0) is 6.54 Å². The molecule has 1 aromatic rings. The number of thiophene rings is 1. The first-order valence-corrected chi connectivity index (χ1v) is 6.46. The summed E-state index contributed by atoms with van der Waals surface area (Å²) in [5.74, 6) is 0. The van der Waals surface area contributed by atoms with Gasteiger partial charge in [0.2, 0.25) is 0 Å². The number of hydrogen-bond acceptors (Lipinski definition) is 2. The van der Waals surface area contributed by atoms with E-state index in [1.165, 1.54) is 36.1 Å². The zero-order valence-corrected chi connectivity index (χ0v) is 10.1. The zero-order chi connectivity index (χ0) is 10.2. The predicted octanol–water partition coefficient (Wildman–Crippen LogP) is 3.73. The van der Waals surface area contributed by atoms with Crippen molar-refractivity contribution in [1.29, 1.82) is 0 Å². The van der Waals surface area contributed by atoms with Gasteiger partial charge in [-0.05, 0) is 36.9 Å². The van der Waals surface area contributed by atoms with Crippen molar-refractivity contribution in [3.8, 4) is 0 Å². The van der Waals surface area contributed by atoms with E-state index in [1.807, 2.05) is 11.3 Å². The molecule has 2 heteroatoms. The van der Waals surface area contributed by atoms with Gasteiger partial charge in [-0.1, -0.05) is 26.2 Å². The molecule has 1 nitrogen and oxygen atoms in total. The second-order valence-electron chi connectivity index (χ2n) is 3.76. The van der Waals surface area contributed by atoms with Crippen molar-refractivity contribution in [2.45, 2.75) is 46.1 Å². The Hall–Kier alpha value is -0.340. The summed E-state index contributed by atoms with van der Waals surface area (Å²) < 4.78 is 0. The molecule has 1 rings (SSSR count). The van der Waals surface area contributed by atoms with Gasteiger partial charge in [0.1, 0.15) is 0 Å². The van der Waals surface area contributed by atoms with Crippen LogP contribution in [-0.4, -0.2) is 6.54 Å². The largest absolute Gasteiger partial charge is 0.312 e. The second kappa shape index (κ2) is 7.02. The summed E-state index contributed by atoms with van der Waals surface area (Å²) in [5, 5.41) is 5.67. The van der Waals surface area contributed by atoms with Crippen LogP contribution in [0.15, 0.2) is 11.4 Å². The van der Waals surface area contributed by atoms with Crippen LogP contribution in [0, 0.1) is 6.92 Å². The summed E-state index contributed by atoms with van der Waals surface area (Å²) in [4.78, 5) is 1.49. The van der Waals surface area contributed by atoms with Crippen LogP contribution in [0.1, 0.15) is 43.0 Å². The van der Waals surface area contributed by atoms with Crippen LogP contribution in [0.2, 0.25) is 0 Å². The first-order valence-electron chi connectivity index (χ1n) is 5.58. The van der Waals surface area contributed by atoms with Crippen molar-refractivity contribution < 1.29 is 0 Å². The average molecular weight is 211 g/mol. The van der Waals surface area contributed by atoms with Gasteiger partial charge in [-0.3, -0.25) is 0 Å². The number of unbranched alkanes of at least 4 members (excludes halogenated alkanes) is 3. The Morgan fingerprint density at radius 2 is 2.14 bits per heavy atom. The van der Waals surface area contributed by atoms with E-state index in [9.17, 15) is 0 Å². The maximum atomic E-state index is 3.50. The van der Waals surface area contributed by atoms with Crippen LogP contribution >= 0.6 is 11.3 Å². The Morgan fingerprint density at radius 1 is 1.29 bits per heavy atom. The molecule has 0 aromatic carbocycles. The fourth-order valence-electron chi connectivity index (χ4n) is 1.46. The Kier molecular flexibility index (Phi) is 5.88. The molecule has 1 heterocycles. The van der Waals surface area contributed by atoms with E-state index in [0.717, 1.165) is 13.1 Å². The van der Waals surface area contributed by atoms with Gasteiger partial charge < -0.3 is 5.32 Å². The molecule has 14 heavy (non-hydrogen) atoms. The molecule has 0 saturated carbocycles. The molecule has 0 aliphatic carbocycles. The average Bonchev–Trinajstić information content (AvgIpc) is 2.58. The SMILES string of the molecule is CCCCCCNCc1sccc1C. The first-order chi connectivity index (χ1) is 6.84. The third-order valence-corrected chi connectivity index (χ3v) is 3.48. The quantitative estimate of drug-likeness (QED) is 0.678. The highest BCUT2D eigenvalue weighted by Gasteiger charge is 1.97. The third-order valence-electron chi connectivity index (χ3n) is 2.46. The maximum Gasteiger partial charge on any atom is 0.0302 e. The van der Waals surface area contributed by atoms with E-state index in [0.29, 0.717) is 0 Å². The van der Waals surface area contributed by atoms with Crippen LogP contribution in [0.5, 0.6) is 0 Å². The molecule has 0 saturated heterocycles. The zero-order valence-electron chi connectivity index (χ0n) is 9.31. The van der Waals surface area contributed by atoms with E-state index in [-0.39, 0.29) is 0 Å². The smallest absolute Gasteiger partial charge is 0.0302 e. The maximum absolute atomic E-state index is 3.50. The molecule has 0 fully saturated rings. The highest BCUT2D eigenvalue weighted by atomic mass is 32.1. The van der Waals surface area contributed by atoms with Crippen LogP contribution in [0.4, 0.5) is 0 Å². The van der Waals surface area contributed by atoms with E-state index in [4.69, 9.17) is 0 Å².